The van der Waals surface area contributed by atoms with Gasteiger partial charge in [0, 0.05) is 29.7 Å². The van der Waals surface area contributed by atoms with Crippen LogP contribution in [0.3, 0.4) is 0 Å². The maximum absolute atomic E-state index is 13.6. The predicted molar refractivity (Wildman–Crippen MR) is 109 cm³/mol. The number of rotatable bonds is 6. The summed E-state index contributed by atoms with van der Waals surface area (Å²) in [4.78, 5) is 20.7. The van der Waals surface area contributed by atoms with E-state index in [1.165, 1.54) is 30.9 Å². The molecule has 4 aromatic rings. The number of nitrogens with two attached hydrogens (primary N) is 1. The van der Waals surface area contributed by atoms with E-state index in [0.29, 0.717) is 35.4 Å². The van der Waals surface area contributed by atoms with E-state index in [9.17, 15) is 9.18 Å². The van der Waals surface area contributed by atoms with Crippen molar-refractivity contribution in [2.75, 3.05) is 19.6 Å². The molecule has 0 aliphatic rings. The maximum atomic E-state index is 13.6. The number of nitrogens with one attached hydrogen (secondary N) is 2. The molecule has 2 heterocycles. The van der Waals surface area contributed by atoms with Crippen molar-refractivity contribution in [2.45, 2.75) is 13.0 Å². The molecule has 0 aliphatic carbocycles. The number of fused-ring (bicyclic) bond motifs is 2. The Kier molecular flexibility index (Phi) is 4.81. The minimum absolute atomic E-state index is 0.223. The maximum Gasteiger partial charge on any atom is 0.262 e. The highest BCUT2D eigenvalue weighted by atomic mass is 19.1. The molecule has 9 heteroatoms. The molecule has 29 heavy (non-hydrogen) atoms. The van der Waals surface area contributed by atoms with Gasteiger partial charge >= 0.3 is 0 Å². The minimum atomic E-state index is -0.312. The normalized spacial score (nSPS) is 11.2. The van der Waals surface area contributed by atoms with Crippen LogP contribution < -0.4 is 26.3 Å². The van der Waals surface area contributed by atoms with Gasteiger partial charge in [-0.25, -0.2) is 15.2 Å². The average molecular weight is 397 g/mol. The van der Waals surface area contributed by atoms with Crippen LogP contribution in [0.1, 0.15) is 5.56 Å². The molecule has 0 saturated heterocycles. The zero-order valence-electron chi connectivity index (χ0n) is 16.0. The Bertz CT molecular complexity index is 1260. The van der Waals surface area contributed by atoms with Gasteiger partial charge in [0.2, 0.25) is 5.95 Å². The van der Waals surface area contributed by atoms with E-state index >= 15 is 0 Å². The van der Waals surface area contributed by atoms with E-state index in [-0.39, 0.29) is 17.3 Å². The predicted octanol–water partition coefficient (Wildman–Crippen LogP) is 2.56. The van der Waals surface area contributed by atoms with Crippen LogP contribution in [0.2, 0.25) is 0 Å². The molecular weight excluding hydrogens is 377 g/mol. The fourth-order valence-electron chi connectivity index (χ4n) is 3.46. The molecule has 150 valence electrons. The van der Waals surface area contributed by atoms with E-state index in [0.717, 1.165) is 16.5 Å². The lowest BCUT2D eigenvalue weighted by atomic mass is 10.1. The van der Waals surface area contributed by atoms with Crippen molar-refractivity contribution in [3.05, 3.63) is 58.3 Å². The number of hydrazine groups is 1. The van der Waals surface area contributed by atoms with Gasteiger partial charge in [-0.2, -0.15) is 0 Å². The number of hydrogen-bond acceptors (Lipinski definition) is 6. The van der Waals surface area contributed by atoms with E-state index in [1.807, 2.05) is 6.20 Å². The second-order valence-corrected chi connectivity index (χ2v) is 6.51. The van der Waals surface area contributed by atoms with Crippen molar-refractivity contribution < 1.29 is 13.9 Å². The minimum Gasteiger partial charge on any atom is -0.493 e. The largest absolute Gasteiger partial charge is 0.493 e. The van der Waals surface area contributed by atoms with Crippen LogP contribution in [0.4, 0.5) is 10.3 Å². The monoisotopic (exact) mass is 397 g/mol. The molecule has 0 bridgehead atoms. The second-order valence-electron chi connectivity index (χ2n) is 6.51. The standard InChI is InChI=1S/C20H20FN5O3/c1-28-17-8-14-16(9-18(17)29-2)24-20(25-22)26(19(14)27)6-5-11-10-23-15-4-3-12(21)7-13(11)15/h3-4,7-10,23H,5-6,22H2,1-2H3,(H,24,25). The highest BCUT2D eigenvalue weighted by molar-refractivity contribution is 5.84. The molecule has 4 rings (SSSR count). The van der Waals surface area contributed by atoms with Gasteiger partial charge < -0.3 is 14.5 Å². The summed E-state index contributed by atoms with van der Waals surface area (Å²) in [5.41, 5.74) is 4.37. The number of halogens is 1. The van der Waals surface area contributed by atoms with Crippen molar-refractivity contribution in [1.82, 2.24) is 14.5 Å². The molecule has 0 amide bonds. The van der Waals surface area contributed by atoms with Gasteiger partial charge in [-0.3, -0.25) is 14.8 Å². The molecule has 0 radical (unpaired) electrons. The van der Waals surface area contributed by atoms with Gasteiger partial charge in [0.25, 0.3) is 5.56 Å². The number of anilines is 1. The Morgan fingerprint density at radius 3 is 2.66 bits per heavy atom. The lowest BCUT2D eigenvalue weighted by molar-refractivity contribution is 0.355. The van der Waals surface area contributed by atoms with Gasteiger partial charge in [0.15, 0.2) is 11.5 Å². The lowest BCUT2D eigenvalue weighted by Crippen LogP contribution is -2.28. The SMILES string of the molecule is COc1cc2nc(NN)n(CCc3c[nH]c4ccc(F)cc34)c(=O)c2cc1OC. The number of aromatic amines is 1. The third-order valence-electron chi connectivity index (χ3n) is 4.92. The van der Waals surface area contributed by atoms with Gasteiger partial charge in [0.1, 0.15) is 5.82 Å². The summed E-state index contributed by atoms with van der Waals surface area (Å²) in [6, 6.07) is 7.79. The molecule has 2 aromatic carbocycles. The van der Waals surface area contributed by atoms with Crippen LogP contribution in [-0.2, 0) is 13.0 Å². The number of benzene rings is 2. The van der Waals surface area contributed by atoms with Crippen LogP contribution in [0.25, 0.3) is 21.8 Å². The van der Waals surface area contributed by atoms with Crippen molar-refractivity contribution in [1.29, 1.82) is 0 Å². The van der Waals surface area contributed by atoms with E-state index in [2.05, 4.69) is 15.4 Å². The third kappa shape index (κ3) is 3.25. The highest BCUT2D eigenvalue weighted by Gasteiger charge is 2.15. The van der Waals surface area contributed by atoms with Crippen molar-refractivity contribution in [3.63, 3.8) is 0 Å². The summed E-state index contributed by atoms with van der Waals surface area (Å²) in [7, 11) is 3.01. The van der Waals surface area contributed by atoms with E-state index < -0.39 is 0 Å². The summed E-state index contributed by atoms with van der Waals surface area (Å²) in [5.74, 6) is 6.43. The summed E-state index contributed by atoms with van der Waals surface area (Å²) < 4.78 is 25.6. The quantitative estimate of drug-likeness (QED) is 0.341. The first kappa shape index (κ1) is 18.8. The number of H-pyrrole nitrogens is 1. The van der Waals surface area contributed by atoms with Crippen molar-refractivity contribution in [2.24, 2.45) is 5.84 Å². The summed E-state index contributed by atoms with van der Waals surface area (Å²) in [6.07, 6.45) is 2.30. The van der Waals surface area contributed by atoms with Gasteiger partial charge in [-0.05, 0) is 36.2 Å². The Morgan fingerprint density at radius 2 is 1.93 bits per heavy atom. The molecule has 0 atom stereocenters. The number of ether oxygens (including phenoxy) is 2. The first-order valence-electron chi connectivity index (χ1n) is 8.94. The first-order chi connectivity index (χ1) is 14.0. The fourth-order valence-corrected chi connectivity index (χ4v) is 3.46. The molecule has 0 saturated carbocycles. The Balaban J connectivity index is 1.77. The Hall–Kier alpha value is -3.59. The van der Waals surface area contributed by atoms with Crippen molar-refractivity contribution in [3.8, 4) is 11.5 Å². The number of nitrogen functional groups attached to an aromatic ring is 1. The molecule has 4 N–H and O–H groups in total. The van der Waals surface area contributed by atoms with E-state index in [4.69, 9.17) is 15.3 Å². The molecule has 0 spiro atoms. The van der Waals surface area contributed by atoms with Crippen LogP contribution in [0.5, 0.6) is 11.5 Å². The number of aryl methyl sites for hydroxylation is 1. The molecule has 8 nitrogen and oxygen atoms in total. The van der Waals surface area contributed by atoms with Gasteiger partial charge in [-0.1, -0.05) is 0 Å². The zero-order chi connectivity index (χ0) is 20.5. The lowest BCUT2D eigenvalue weighted by Gasteiger charge is -2.14. The number of nitrogens with zero attached hydrogens (tertiary/aromatic N) is 2. The van der Waals surface area contributed by atoms with Crippen LogP contribution >= 0.6 is 0 Å². The second kappa shape index (κ2) is 7.44. The zero-order valence-corrected chi connectivity index (χ0v) is 16.0. The molecule has 0 fully saturated rings. The number of aromatic nitrogens is 3. The third-order valence-corrected chi connectivity index (χ3v) is 4.92. The average Bonchev–Trinajstić information content (AvgIpc) is 3.13. The first-order valence-corrected chi connectivity index (χ1v) is 8.94. The number of methoxy groups -OCH3 is 2. The summed E-state index contributed by atoms with van der Waals surface area (Å²) in [6.45, 7) is 0.305. The van der Waals surface area contributed by atoms with Gasteiger partial charge in [-0.15, -0.1) is 0 Å². The smallest absolute Gasteiger partial charge is 0.262 e. The Morgan fingerprint density at radius 1 is 1.17 bits per heavy atom. The molecule has 0 unspecified atom stereocenters. The molecule has 2 aromatic heterocycles. The van der Waals surface area contributed by atoms with Crippen LogP contribution in [0.15, 0.2) is 41.3 Å². The summed E-state index contributed by atoms with van der Waals surface area (Å²) >= 11 is 0. The molecular formula is C20H20FN5O3. The summed E-state index contributed by atoms with van der Waals surface area (Å²) in [5, 5.41) is 1.16. The highest BCUT2D eigenvalue weighted by Crippen LogP contribution is 2.30. The number of hydrogen-bond donors (Lipinski definition) is 3. The van der Waals surface area contributed by atoms with Crippen LogP contribution in [0, 0.1) is 5.82 Å². The molecule has 0 aliphatic heterocycles. The van der Waals surface area contributed by atoms with E-state index in [1.54, 1.807) is 18.2 Å². The fraction of sp³-hybridized carbons (Fsp3) is 0.200. The topological polar surface area (TPSA) is 107 Å². The van der Waals surface area contributed by atoms with Crippen molar-refractivity contribution >= 4 is 27.8 Å². The van der Waals surface area contributed by atoms with Gasteiger partial charge in [0.05, 0.1) is 25.1 Å². The van der Waals surface area contributed by atoms with Crippen LogP contribution in [-0.4, -0.2) is 28.8 Å². The Labute approximate surface area is 165 Å².